The second-order valence-electron chi connectivity index (χ2n) is 9.53. The maximum atomic E-state index is 13.4. The largest absolute Gasteiger partial charge is 0.352 e. The van der Waals surface area contributed by atoms with Gasteiger partial charge in [0.05, 0.1) is 14.9 Å². The summed E-state index contributed by atoms with van der Waals surface area (Å²) in [5.74, 6) is -0.424. The molecule has 0 heterocycles. The molecule has 0 spiro atoms. The Morgan fingerprint density at radius 3 is 2.35 bits per heavy atom. The fraction of sp³-hybridized carbons (Fsp3) is 0.481. The van der Waals surface area contributed by atoms with Crippen molar-refractivity contribution in [2.75, 3.05) is 13.6 Å². The molecular formula is C27H35Cl2N3O4S. The van der Waals surface area contributed by atoms with Gasteiger partial charge in [0, 0.05) is 32.6 Å². The SMILES string of the molecule is CC(C(=O)NC1CCCCC1)N(Cc1ccc(Cl)c(Cl)c1)C(=O)CCCN(C)S(=O)(=O)c1ccccc1. The van der Waals surface area contributed by atoms with E-state index in [2.05, 4.69) is 5.32 Å². The lowest BCUT2D eigenvalue weighted by molar-refractivity contribution is -0.141. The zero-order valence-corrected chi connectivity index (χ0v) is 23.7. The van der Waals surface area contributed by atoms with Crippen molar-refractivity contribution in [3.63, 3.8) is 0 Å². The Bertz CT molecular complexity index is 1170. The van der Waals surface area contributed by atoms with Crippen LogP contribution in [0.1, 0.15) is 57.4 Å². The summed E-state index contributed by atoms with van der Waals surface area (Å²) < 4.78 is 26.8. The van der Waals surface area contributed by atoms with Crippen molar-refractivity contribution in [3.8, 4) is 0 Å². The lowest BCUT2D eigenvalue weighted by Crippen LogP contribution is -2.50. The van der Waals surface area contributed by atoms with Crippen LogP contribution in [0.15, 0.2) is 53.4 Å². The van der Waals surface area contributed by atoms with Crippen molar-refractivity contribution < 1.29 is 18.0 Å². The van der Waals surface area contributed by atoms with E-state index in [9.17, 15) is 18.0 Å². The summed E-state index contributed by atoms with van der Waals surface area (Å²) in [6, 6.07) is 12.7. The minimum Gasteiger partial charge on any atom is -0.352 e. The minimum atomic E-state index is -3.64. The molecule has 0 aliphatic heterocycles. The number of rotatable bonds is 11. The standard InChI is InChI=1S/C27H35Cl2N3O4S/c1-20(27(34)30-22-10-5-3-6-11-22)32(19-21-15-16-24(28)25(29)18-21)26(33)14-9-17-31(2)37(35,36)23-12-7-4-8-13-23/h4,7-8,12-13,15-16,18,20,22H,3,5-6,9-11,14,17,19H2,1-2H3,(H,30,34). The Labute approximate surface area is 230 Å². The Morgan fingerprint density at radius 2 is 1.70 bits per heavy atom. The van der Waals surface area contributed by atoms with Crippen molar-refractivity contribution in [2.45, 2.75) is 75.4 Å². The first kappa shape index (κ1) is 29.4. The topological polar surface area (TPSA) is 86.8 Å². The average Bonchev–Trinajstić information content (AvgIpc) is 2.89. The average molecular weight is 569 g/mol. The van der Waals surface area contributed by atoms with E-state index < -0.39 is 16.1 Å². The molecule has 1 atom stereocenters. The number of benzene rings is 2. The molecule has 0 radical (unpaired) electrons. The van der Waals surface area contributed by atoms with Crippen molar-refractivity contribution >= 4 is 45.0 Å². The Balaban J connectivity index is 1.67. The molecule has 1 aliphatic carbocycles. The molecule has 0 saturated heterocycles. The van der Waals surface area contributed by atoms with E-state index in [1.807, 2.05) is 0 Å². The number of amides is 2. The minimum absolute atomic E-state index is 0.0943. The number of hydrogen-bond acceptors (Lipinski definition) is 4. The van der Waals surface area contributed by atoms with Crippen LogP contribution < -0.4 is 5.32 Å². The summed E-state index contributed by atoms with van der Waals surface area (Å²) >= 11 is 12.2. The van der Waals surface area contributed by atoms with Crippen molar-refractivity contribution in [1.82, 2.24) is 14.5 Å². The van der Waals surface area contributed by atoms with E-state index in [1.54, 1.807) is 55.5 Å². The molecule has 202 valence electrons. The van der Waals surface area contributed by atoms with E-state index in [0.29, 0.717) is 16.5 Å². The number of hydrogen-bond donors (Lipinski definition) is 1. The van der Waals surface area contributed by atoms with Gasteiger partial charge in [-0.1, -0.05) is 66.7 Å². The molecule has 37 heavy (non-hydrogen) atoms. The zero-order valence-electron chi connectivity index (χ0n) is 21.3. The van der Waals surface area contributed by atoms with Crippen LogP contribution in [0.4, 0.5) is 0 Å². The number of halogens is 2. The van der Waals surface area contributed by atoms with Gasteiger partial charge in [-0.3, -0.25) is 9.59 Å². The maximum absolute atomic E-state index is 13.4. The van der Waals surface area contributed by atoms with Gasteiger partial charge < -0.3 is 10.2 Å². The van der Waals surface area contributed by atoms with Gasteiger partial charge in [0.1, 0.15) is 6.04 Å². The van der Waals surface area contributed by atoms with E-state index >= 15 is 0 Å². The van der Waals surface area contributed by atoms with E-state index in [1.165, 1.54) is 22.7 Å². The summed E-state index contributed by atoms with van der Waals surface area (Å²) in [5, 5.41) is 3.89. The van der Waals surface area contributed by atoms with Gasteiger partial charge in [-0.2, -0.15) is 0 Å². The number of carbonyl (C=O) groups excluding carboxylic acids is 2. The summed E-state index contributed by atoms with van der Waals surface area (Å²) in [6.45, 7) is 2.08. The van der Waals surface area contributed by atoms with Crippen LogP contribution >= 0.6 is 23.2 Å². The molecule has 2 amide bonds. The number of carbonyl (C=O) groups is 2. The van der Waals surface area contributed by atoms with E-state index in [4.69, 9.17) is 23.2 Å². The molecule has 0 bridgehead atoms. The Morgan fingerprint density at radius 1 is 1.03 bits per heavy atom. The highest BCUT2D eigenvalue weighted by Gasteiger charge is 2.28. The number of sulfonamides is 1. The van der Waals surface area contributed by atoms with Crippen LogP contribution in [0.2, 0.25) is 10.0 Å². The predicted molar refractivity (Wildman–Crippen MR) is 147 cm³/mol. The fourth-order valence-corrected chi connectivity index (χ4v) is 6.03. The van der Waals surface area contributed by atoms with Gasteiger partial charge in [0.15, 0.2) is 0 Å². The molecule has 1 saturated carbocycles. The smallest absolute Gasteiger partial charge is 0.242 e. The molecule has 1 unspecified atom stereocenters. The Hall–Kier alpha value is -2.13. The lowest BCUT2D eigenvalue weighted by atomic mass is 9.95. The quantitative estimate of drug-likeness (QED) is 0.401. The molecule has 1 fully saturated rings. The van der Waals surface area contributed by atoms with Gasteiger partial charge in [0.25, 0.3) is 0 Å². The van der Waals surface area contributed by atoms with Crippen LogP contribution in [0.25, 0.3) is 0 Å². The molecule has 2 aromatic carbocycles. The number of nitrogens with zero attached hydrogens (tertiary/aromatic N) is 2. The second kappa shape index (κ2) is 13.6. The first-order chi connectivity index (χ1) is 17.6. The summed E-state index contributed by atoms with van der Waals surface area (Å²) in [4.78, 5) is 28.2. The second-order valence-corrected chi connectivity index (χ2v) is 12.4. The molecule has 1 N–H and O–H groups in total. The van der Waals surface area contributed by atoms with Crippen molar-refractivity contribution in [2.24, 2.45) is 0 Å². The third kappa shape index (κ3) is 8.18. The lowest BCUT2D eigenvalue weighted by Gasteiger charge is -2.31. The molecule has 0 aromatic heterocycles. The molecule has 2 aromatic rings. The molecule has 3 rings (SSSR count). The first-order valence-electron chi connectivity index (χ1n) is 12.6. The Kier molecular flexibility index (Phi) is 10.8. The normalized spacial score (nSPS) is 15.4. The molecule has 1 aliphatic rings. The highest BCUT2D eigenvalue weighted by molar-refractivity contribution is 7.89. The van der Waals surface area contributed by atoms with Gasteiger partial charge in [-0.05, 0) is 56.0 Å². The van der Waals surface area contributed by atoms with Crippen LogP contribution in [0.3, 0.4) is 0 Å². The van der Waals surface area contributed by atoms with E-state index in [-0.39, 0.29) is 42.3 Å². The monoisotopic (exact) mass is 567 g/mol. The first-order valence-corrected chi connectivity index (χ1v) is 14.8. The molecule has 10 heteroatoms. The third-order valence-electron chi connectivity index (χ3n) is 6.77. The molecular weight excluding hydrogens is 533 g/mol. The van der Waals surface area contributed by atoms with E-state index in [0.717, 1.165) is 31.2 Å². The van der Waals surface area contributed by atoms with Crippen molar-refractivity contribution in [1.29, 1.82) is 0 Å². The van der Waals surface area contributed by atoms with Crippen molar-refractivity contribution in [3.05, 3.63) is 64.1 Å². The highest BCUT2D eigenvalue weighted by Crippen LogP contribution is 2.24. The van der Waals surface area contributed by atoms with Crippen LogP contribution in [0, 0.1) is 0 Å². The predicted octanol–water partition coefficient (Wildman–Crippen LogP) is 5.26. The van der Waals surface area contributed by atoms with Crippen LogP contribution in [-0.2, 0) is 26.2 Å². The molecule has 7 nitrogen and oxygen atoms in total. The third-order valence-corrected chi connectivity index (χ3v) is 9.38. The van der Waals surface area contributed by atoms with Gasteiger partial charge in [-0.25, -0.2) is 12.7 Å². The fourth-order valence-electron chi connectivity index (χ4n) is 4.48. The van der Waals surface area contributed by atoms with Crippen LogP contribution in [0.5, 0.6) is 0 Å². The summed E-state index contributed by atoms with van der Waals surface area (Å²) in [5.41, 5.74) is 0.754. The van der Waals surface area contributed by atoms with Gasteiger partial charge in [0.2, 0.25) is 21.8 Å². The highest BCUT2D eigenvalue weighted by atomic mass is 35.5. The van der Waals surface area contributed by atoms with Gasteiger partial charge >= 0.3 is 0 Å². The maximum Gasteiger partial charge on any atom is 0.242 e. The summed E-state index contributed by atoms with van der Waals surface area (Å²) in [7, 11) is -2.14. The summed E-state index contributed by atoms with van der Waals surface area (Å²) in [6.07, 6.45) is 5.66. The van der Waals surface area contributed by atoms with Gasteiger partial charge in [-0.15, -0.1) is 0 Å². The zero-order chi connectivity index (χ0) is 27.0. The number of nitrogens with one attached hydrogen (secondary N) is 1. The van der Waals surface area contributed by atoms with Crippen LogP contribution in [-0.4, -0.2) is 55.1 Å².